The third-order valence-corrected chi connectivity index (χ3v) is 5.73. The normalized spacial score (nSPS) is 18.0. The number of halogens is 1. The highest BCUT2D eigenvalue weighted by Gasteiger charge is 2.33. The molecule has 0 unspecified atom stereocenters. The molecule has 1 aliphatic rings. The number of hydrogen-bond donors (Lipinski definition) is 1. The Kier molecular flexibility index (Phi) is 4.63. The number of rotatable bonds is 4. The topological polar surface area (TPSA) is 54.2 Å². The van der Waals surface area contributed by atoms with Gasteiger partial charge in [0.25, 0.3) is 0 Å². The Bertz CT molecular complexity index is 944. The van der Waals surface area contributed by atoms with Crippen molar-refractivity contribution < 1.29 is 5.11 Å². The minimum Gasteiger partial charge on any atom is -0.388 e. The quantitative estimate of drug-likeness (QED) is 0.710. The number of aliphatic hydroxyl groups is 1. The van der Waals surface area contributed by atoms with E-state index in [1.165, 1.54) is 0 Å². The Balaban J connectivity index is 1.89. The number of likely N-dealkylation sites (tertiary alicyclic amines) is 1. The van der Waals surface area contributed by atoms with Crippen molar-refractivity contribution in [2.75, 3.05) is 20.1 Å². The lowest BCUT2D eigenvalue weighted by Crippen LogP contribution is -2.45. The van der Waals surface area contributed by atoms with Crippen molar-refractivity contribution in [1.82, 2.24) is 19.4 Å². The third kappa shape index (κ3) is 3.08. The molecule has 0 saturated carbocycles. The monoisotopic (exact) mass is 372 g/mol. The molecule has 1 fully saturated rings. The number of aryl methyl sites for hydroxylation is 1. The SMILES string of the molecule is CCCc1nc2c(Cl)nc3ccccc3c2n1CC1(O)CCN(C)CC1. The van der Waals surface area contributed by atoms with E-state index in [1.807, 2.05) is 18.2 Å². The molecule has 0 radical (unpaired) electrons. The summed E-state index contributed by atoms with van der Waals surface area (Å²) in [6.07, 6.45) is 3.39. The number of benzene rings is 1. The zero-order valence-corrected chi connectivity index (χ0v) is 16.1. The Morgan fingerprint density at radius 3 is 2.65 bits per heavy atom. The summed E-state index contributed by atoms with van der Waals surface area (Å²) >= 11 is 6.46. The second-order valence-electron chi connectivity index (χ2n) is 7.51. The maximum absolute atomic E-state index is 11.2. The van der Waals surface area contributed by atoms with Crippen molar-refractivity contribution >= 4 is 33.5 Å². The molecule has 1 saturated heterocycles. The number of pyridine rings is 1. The van der Waals surface area contributed by atoms with E-state index < -0.39 is 5.60 Å². The molecule has 3 aromatic rings. The van der Waals surface area contributed by atoms with Gasteiger partial charge in [-0.2, -0.15) is 0 Å². The van der Waals surface area contributed by atoms with Gasteiger partial charge in [-0.25, -0.2) is 9.97 Å². The number of nitrogens with zero attached hydrogens (tertiary/aromatic N) is 4. The van der Waals surface area contributed by atoms with E-state index in [0.29, 0.717) is 11.7 Å². The van der Waals surface area contributed by atoms with E-state index in [-0.39, 0.29) is 0 Å². The average Bonchev–Trinajstić information content (AvgIpc) is 2.97. The molecular formula is C20H25ClN4O. The van der Waals surface area contributed by atoms with Gasteiger partial charge in [0, 0.05) is 24.9 Å². The third-order valence-electron chi connectivity index (χ3n) is 5.46. The first kappa shape index (κ1) is 17.7. The molecular weight excluding hydrogens is 348 g/mol. The number of aromatic nitrogens is 3. The standard InChI is InChI=1S/C20H25ClN4O/c1-3-6-16-23-17-18(14-7-4-5-8-15(14)22-19(17)21)25(16)13-20(26)9-11-24(2)12-10-20/h4-5,7-8,26H,3,6,9-13H2,1-2H3. The summed E-state index contributed by atoms with van der Waals surface area (Å²) in [5.41, 5.74) is 1.89. The van der Waals surface area contributed by atoms with Crippen molar-refractivity contribution in [2.45, 2.75) is 44.8 Å². The predicted octanol–water partition coefficient (Wildman–Crippen LogP) is 3.65. The Morgan fingerprint density at radius 1 is 1.19 bits per heavy atom. The van der Waals surface area contributed by atoms with Gasteiger partial charge in [-0.05, 0) is 32.4 Å². The van der Waals surface area contributed by atoms with E-state index in [1.54, 1.807) is 0 Å². The maximum Gasteiger partial charge on any atom is 0.157 e. The van der Waals surface area contributed by atoms with E-state index in [2.05, 4.69) is 34.5 Å². The predicted molar refractivity (Wildman–Crippen MR) is 106 cm³/mol. The Labute approximate surface area is 158 Å². The van der Waals surface area contributed by atoms with Crippen LogP contribution in [-0.4, -0.2) is 50.3 Å². The summed E-state index contributed by atoms with van der Waals surface area (Å²) in [6.45, 7) is 4.52. The van der Waals surface area contributed by atoms with Crippen LogP contribution in [0.4, 0.5) is 0 Å². The van der Waals surface area contributed by atoms with Gasteiger partial charge in [-0.15, -0.1) is 0 Å². The van der Waals surface area contributed by atoms with Crippen LogP contribution in [0.3, 0.4) is 0 Å². The van der Waals surface area contributed by atoms with E-state index in [0.717, 1.165) is 66.5 Å². The first-order valence-electron chi connectivity index (χ1n) is 9.35. The average molecular weight is 373 g/mol. The van der Waals surface area contributed by atoms with Gasteiger partial charge in [-0.3, -0.25) is 0 Å². The van der Waals surface area contributed by atoms with Gasteiger partial charge in [0.2, 0.25) is 0 Å². The van der Waals surface area contributed by atoms with Gasteiger partial charge in [0.15, 0.2) is 5.15 Å². The molecule has 5 nitrogen and oxygen atoms in total. The fourth-order valence-corrected chi connectivity index (χ4v) is 4.14. The minimum absolute atomic E-state index is 0.435. The van der Waals surface area contributed by atoms with Gasteiger partial charge >= 0.3 is 0 Å². The van der Waals surface area contributed by atoms with Crippen molar-refractivity contribution in [3.8, 4) is 0 Å². The Morgan fingerprint density at radius 2 is 1.92 bits per heavy atom. The molecule has 1 aliphatic heterocycles. The molecule has 1 aromatic carbocycles. The van der Waals surface area contributed by atoms with Crippen molar-refractivity contribution in [3.63, 3.8) is 0 Å². The summed E-state index contributed by atoms with van der Waals surface area (Å²) < 4.78 is 2.19. The van der Waals surface area contributed by atoms with Gasteiger partial charge in [0.05, 0.1) is 23.2 Å². The van der Waals surface area contributed by atoms with Crippen LogP contribution >= 0.6 is 11.6 Å². The van der Waals surface area contributed by atoms with E-state index in [9.17, 15) is 5.11 Å². The molecule has 1 N–H and O–H groups in total. The molecule has 0 bridgehead atoms. The van der Waals surface area contributed by atoms with Crippen LogP contribution < -0.4 is 0 Å². The number of fused-ring (bicyclic) bond motifs is 3. The summed E-state index contributed by atoms with van der Waals surface area (Å²) in [4.78, 5) is 11.6. The maximum atomic E-state index is 11.2. The van der Waals surface area contributed by atoms with E-state index in [4.69, 9.17) is 16.6 Å². The summed E-state index contributed by atoms with van der Waals surface area (Å²) in [5.74, 6) is 0.981. The number of imidazole rings is 1. The first-order valence-corrected chi connectivity index (χ1v) is 9.73. The van der Waals surface area contributed by atoms with Crippen LogP contribution in [0.15, 0.2) is 24.3 Å². The number of piperidine rings is 1. The molecule has 26 heavy (non-hydrogen) atoms. The van der Waals surface area contributed by atoms with Crippen molar-refractivity contribution in [1.29, 1.82) is 0 Å². The van der Waals surface area contributed by atoms with E-state index >= 15 is 0 Å². The number of hydrogen-bond acceptors (Lipinski definition) is 4. The highest BCUT2D eigenvalue weighted by Crippen LogP contribution is 2.33. The molecule has 0 atom stereocenters. The van der Waals surface area contributed by atoms with Gasteiger partial charge < -0.3 is 14.6 Å². The summed E-state index contributed by atoms with van der Waals surface area (Å²) in [7, 11) is 2.10. The zero-order chi connectivity index (χ0) is 18.3. The molecule has 0 aliphatic carbocycles. The molecule has 0 spiro atoms. The largest absolute Gasteiger partial charge is 0.388 e. The van der Waals surface area contributed by atoms with Gasteiger partial charge in [-0.1, -0.05) is 36.7 Å². The fraction of sp³-hybridized carbons (Fsp3) is 0.500. The summed E-state index contributed by atoms with van der Waals surface area (Å²) in [6, 6.07) is 8.02. The van der Waals surface area contributed by atoms with Crippen LogP contribution in [0.2, 0.25) is 5.15 Å². The smallest absolute Gasteiger partial charge is 0.157 e. The first-order chi connectivity index (χ1) is 12.5. The van der Waals surface area contributed by atoms with Gasteiger partial charge in [0.1, 0.15) is 11.3 Å². The highest BCUT2D eigenvalue weighted by atomic mass is 35.5. The lowest BCUT2D eigenvalue weighted by molar-refractivity contribution is -0.0287. The highest BCUT2D eigenvalue weighted by molar-refractivity contribution is 6.35. The molecule has 4 rings (SSSR count). The lowest BCUT2D eigenvalue weighted by Gasteiger charge is -2.37. The molecule has 138 valence electrons. The second-order valence-corrected chi connectivity index (χ2v) is 7.87. The second kappa shape index (κ2) is 6.80. The zero-order valence-electron chi connectivity index (χ0n) is 15.4. The molecule has 6 heteroatoms. The van der Waals surface area contributed by atoms with Crippen LogP contribution in [0, 0.1) is 0 Å². The van der Waals surface area contributed by atoms with Crippen LogP contribution in [0.1, 0.15) is 32.0 Å². The van der Waals surface area contributed by atoms with Crippen LogP contribution in [0.25, 0.3) is 21.9 Å². The summed E-state index contributed by atoms with van der Waals surface area (Å²) in [5, 5.41) is 12.7. The molecule has 0 amide bonds. The van der Waals surface area contributed by atoms with Crippen LogP contribution in [0.5, 0.6) is 0 Å². The molecule has 2 aromatic heterocycles. The molecule has 3 heterocycles. The lowest BCUT2D eigenvalue weighted by atomic mass is 9.91. The van der Waals surface area contributed by atoms with Crippen molar-refractivity contribution in [2.24, 2.45) is 0 Å². The Hall–Kier alpha value is -1.69. The van der Waals surface area contributed by atoms with Crippen molar-refractivity contribution in [3.05, 3.63) is 35.2 Å². The number of para-hydroxylation sites is 1. The minimum atomic E-state index is -0.709. The fourth-order valence-electron chi connectivity index (χ4n) is 3.92. The van der Waals surface area contributed by atoms with Crippen LogP contribution in [-0.2, 0) is 13.0 Å².